The lowest BCUT2D eigenvalue weighted by atomic mass is 9.97. The van der Waals surface area contributed by atoms with E-state index < -0.39 is 0 Å². The molecule has 0 bridgehead atoms. The predicted octanol–water partition coefficient (Wildman–Crippen LogP) is 2.53. The number of thiophene rings is 1. The second kappa shape index (κ2) is 5.10. The Morgan fingerprint density at radius 1 is 1.69 bits per heavy atom. The van der Waals surface area contributed by atoms with Crippen LogP contribution in [0.3, 0.4) is 0 Å². The highest BCUT2D eigenvalue weighted by Crippen LogP contribution is 2.29. The zero-order valence-corrected chi connectivity index (χ0v) is 9.94. The lowest BCUT2D eigenvalue weighted by molar-refractivity contribution is 0.202. The van der Waals surface area contributed by atoms with Crippen molar-refractivity contribution in [2.45, 2.75) is 19.4 Å². The van der Waals surface area contributed by atoms with Gasteiger partial charge in [0.1, 0.15) is 0 Å². The van der Waals surface area contributed by atoms with Gasteiger partial charge in [-0.05, 0) is 28.4 Å². The highest BCUT2D eigenvalue weighted by molar-refractivity contribution is 9.10. The van der Waals surface area contributed by atoms with Crippen LogP contribution in [0.25, 0.3) is 0 Å². The molecule has 0 saturated heterocycles. The van der Waals surface area contributed by atoms with Gasteiger partial charge in [-0.1, -0.05) is 6.92 Å². The number of hydrogen-bond donors (Lipinski definition) is 2. The maximum Gasteiger partial charge on any atom is 0.0477 e. The van der Waals surface area contributed by atoms with Gasteiger partial charge in [0, 0.05) is 33.3 Å². The van der Waals surface area contributed by atoms with Crippen molar-refractivity contribution in [3.05, 3.63) is 20.8 Å². The van der Waals surface area contributed by atoms with Crippen LogP contribution in [0.1, 0.15) is 24.3 Å². The minimum Gasteiger partial charge on any atom is -0.396 e. The van der Waals surface area contributed by atoms with Gasteiger partial charge in [0.25, 0.3) is 0 Å². The van der Waals surface area contributed by atoms with E-state index in [2.05, 4.69) is 15.9 Å². The van der Waals surface area contributed by atoms with E-state index in [1.54, 1.807) is 11.3 Å². The van der Waals surface area contributed by atoms with Crippen molar-refractivity contribution in [3.8, 4) is 0 Å². The number of hydrogen-bond acceptors (Lipinski definition) is 3. The third-order valence-corrected chi connectivity index (χ3v) is 3.98. The van der Waals surface area contributed by atoms with Crippen molar-refractivity contribution in [3.63, 3.8) is 0 Å². The first-order chi connectivity index (χ1) is 6.19. The Labute approximate surface area is 90.9 Å². The van der Waals surface area contributed by atoms with Crippen molar-refractivity contribution >= 4 is 27.3 Å². The molecular formula is C9H14BrNOS. The summed E-state index contributed by atoms with van der Waals surface area (Å²) in [5.74, 6) is 0.172. The fourth-order valence-electron chi connectivity index (χ4n) is 1.23. The Bertz CT molecular complexity index is 260. The van der Waals surface area contributed by atoms with Gasteiger partial charge in [0.2, 0.25) is 0 Å². The Balaban J connectivity index is 2.71. The lowest BCUT2D eigenvalue weighted by Crippen LogP contribution is -2.22. The Morgan fingerprint density at radius 2 is 2.38 bits per heavy atom. The molecule has 0 saturated carbocycles. The molecule has 1 heterocycles. The van der Waals surface area contributed by atoms with Crippen LogP contribution in [0.5, 0.6) is 0 Å². The molecule has 0 aliphatic rings. The molecule has 1 aromatic heterocycles. The number of nitrogens with two attached hydrogens (primary N) is 1. The average molecular weight is 264 g/mol. The van der Waals surface area contributed by atoms with E-state index in [1.807, 2.05) is 18.4 Å². The van der Waals surface area contributed by atoms with Gasteiger partial charge in [-0.2, -0.15) is 0 Å². The van der Waals surface area contributed by atoms with Gasteiger partial charge in [-0.15, -0.1) is 11.3 Å². The molecule has 1 rings (SSSR count). The normalized spacial score (nSPS) is 15.7. The van der Waals surface area contributed by atoms with Crippen LogP contribution in [0, 0.1) is 5.92 Å². The first-order valence-electron chi connectivity index (χ1n) is 4.29. The average Bonchev–Trinajstić information content (AvgIpc) is 2.54. The van der Waals surface area contributed by atoms with Gasteiger partial charge in [0.05, 0.1) is 0 Å². The van der Waals surface area contributed by atoms with E-state index in [0.29, 0.717) is 0 Å². The summed E-state index contributed by atoms with van der Waals surface area (Å²) in [6, 6.07) is 1.99. The highest BCUT2D eigenvalue weighted by Gasteiger charge is 2.18. The van der Waals surface area contributed by atoms with Crippen LogP contribution in [0.15, 0.2) is 15.9 Å². The first-order valence-corrected chi connectivity index (χ1v) is 5.96. The molecule has 3 N–H and O–H groups in total. The Morgan fingerprint density at radius 3 is 2.77 bits per heavy atom. The first kappa shape index (κ1) is 11.2. The van der Waals surface area contributed by atoms with E-state index in [1.165, 1.54) is 0 Å². The van der Waals surface area contributed by atoms with Crippen LogP contribution >= 0.6 is 27.3 Å². The van der Waals surface area contributed by atoms with E-state index in [-0.39, 0.29) is 18.6 Å². The maximum atomic E-state index is 9.08. The number of rotatable bonds is 4. The van der Waals surface area contributed by atoms with E-state index in [9.17, 15) is 0 Å². The second-order valence-corrected chi connectivity index (χ2v) is 4.90. The molecule has 0 spiro atoms. The molecule has 0 amide bonds. The molecule has 13 heavy (non-hydrogen) atoms. The van der Waals surface area contributed by atoms with Crippen molar-refractivity contribution in [2.24, 2.45) is 11.7 Å². The molecule has 2 atom stereocenters. The monoisotopic (exact) mass is 263 g/mol. The van der Waals surface area contributed by atoms with Crippen LogP contribution in [-0.4, -0.2) is 11.7 Å². The zero-order chi connectivity index (χ0) is 9.84. The largest absolute Gasteiger partial charge is 0.396 e. The molecule has 2 nitrogen and oxygen atoms in total. The number of aliphatic hydroxyl groups excluding tert-OH is 1. The number of halogens is 1. The summed E-state index contributed by atoms with van der Waals surface area (Å²) in [5, 5.41) is 11.1. The van der Waals surface area contributed by atoms with Gasteiger partial charge in [0.15, 0.2) is 0 Å². The summed E-state index contributed by atoms with van der Waals surface area (Å²) in [5.41, 5.74) is 6.00. The fourth-order valence-corrected chi connectivity index (χ4v) is 2.77. The zero-order valence-electron chi connectivity index (χ0n) is 7.53. The molecule has 74 valence electrons. The summed E-state index contributed by atoms with van der Waals surface area (Å²) in [6.07, 6.45) is 0.910. The van der Waals surface area contributed by atoms with E-state index >= 15 is 0 Å². The van der Waals surface area contributed by atoms with Crippen LogP contribution < -0.4 is 5.73 Å². The quantitative estimate of drug-likeness (QED) is 0.877. The van der Waals surface area contributed by atoms with Crippen LogP contribution in [0.4, 0.5) is 0 Å². The molecule has 4 heteroatoms. The smallest absolute Gasteiger partial charge is 0.0477 e. The van der Waals surface area contributed by atoms with Gasteiger partial charge >= 0.3 is 0 Å². The fraction of sp³-hybridized carbons (Fsp3) is 0.556. The summed E-state index contributed by atoms with van der Waals surface area (Å²) >= 11 is 5.02. The SMILES string of the molecule is CCC(CO)C(N)c1cc(Br)cs1. The van der Waals surface area contributed by atoms with Crippen molar-refractivity contribution in [1.82, 2.24) is 0 Å². The summed E-state index contributed by atoms with van der Waals surface area (Å²) < 4.78 is 1.07. The van der Waals surface area contributed by atoms with Crippen molar-refractivity contribution in [2.75, 3.05) is 6.61 Å². The maximum absolute atomic E-state index is 9.08. The molecule has 0 aromatic carbocycles. The highest BCUT2D eigenvalue weighted by atomic mass is 79.9. The van der Waals surface area contributed by atoms with E-state index in [0.717, 1.165) is 15.8 Å². The van der Waals surface area contributed by atoms with E-state index in [4.69, 9.17) is 10.8 Å². The molecule has 0 aliphatic carbocycles. The molecule has 1 aromatic rings. The van der Waals surface area contributed by atoms with Crippen molar-refractivity contribution < 1.29 is 5.11 Å². The summed E-state index contributed by atoms with van der Waals surface area (Å²) in [6.45, 7) is 2.20. The standard InChI is InChI=1S/C9H14BrNOS/c1-2-6(4-12)9(11)8-3-7(10)5-13-8/h3,5-6,9,12H,2,4,11H2,1H3. The number of aliphatic hydroxyl groups is 1. The van der Waals surface area contributed by atoms with Crippen LogP contribution in [0.2, 0.25) is 0 Å². The topological polar surface area (TPSA) is 46.2 Å². The molecule has 0 fully saturated rings. The summed E-state index contributed by atoms with van der Waals surface area (Å²) in [7, 11) is 0. The summed E-state index contributed by atoms with van der Waals surface area (Å²) in [4.78, 5) is 1.13. The lowest BCUT2D eigenvalue weighted by Gasteiger charge is -2.18. The van der Waals surface area contributed by atoms with Crippen LogP contribution in [-0.2, 0) is 0 Å². The van der Waals surface area contributed by atoms with Gasteiger partial charge in [-0.25, -0.2) is 0 Å². The molecular weight excluding hydrogens is 250 g/mol. The Kier molecular flexibility index (Phi) is 4.38. The molecule has 0 radical (unpaired) electrons. The Hall–Kier alpha value is 0.1000. The third kappa shape index (κ3) is 2.77. The minimum absolute atomic E-state index is 0.0358. The van der Waals surface area contributed by atoms with Crippen molar-refractivity contribution in [1.29, 1.82) is 0 Å². The van der Waals surface area contributed by atoms with Gasteiger partial charge < -0.3 is 10.8 Å². The molecule has 2 unspecified atom stereocenters. The second-order valence-electron chi connectivity index (χ2n) is 3.04. The third-order valence-electron chi connectivity index (χ3n) is 2.18. The predicted molar refractivity (Wildman–Crippen MR) is 59.8 cm³/mol. The van der Waals surface area contributed by atoms with Gasteiger partial charge in [-0.3, -0.25) is 0 Å². The molecule has 0 aliphatic heterocycles. The minimum atomic E-state index is -0.0358.